The van der Waals surface area contributed by atoms with Crippen LogP contribution in [-0.2, 0) is 4.79 Å². The van der Waals surface area contributed by atoms with E-state index in [9.17, 15) is 18.4 Å². The van der Waals surface area contributed by atoms with Crippen LogP contribution >= 0.6 is 0 Å². The standard InChI is InChI=1S/C16H21F2N3O2/c1-11(19)5-6-14(22)20-7-9-21(10-8-20)16(23)15-12(17)3-2-4-13(15)18/h2-4,11H,5-10,19H2,1H3. The van der Waals surface area contributed by atoms with Crippen molar-refractivity contribution in [3.8, 4) is 0 Å². The molecule has 1 saturated heterocycles. The van der Waals surface area contributed by atoms with Crippen LogP contribution in [0.3, 0.4) is 0 Å². The van der Waals surface area contributed by atoms with Gasteiger partial charge in [-0.1, -0.05) is 6.07 Å². The Morgan fingerprint density at radius 1 is 1.13 bits per heavy atom. The van der Waals surface area contributed by atoms with Gasteiger partial charge >= 0.3 is 0 Å². The molecular weight excluding hydrogens is 304 g/mol. The molecule has 2 rings (SSSR count). The van der Waals surface area contributed by atoms with Crippen molar-refractivity contribution in [2.45, 2.75) is 25.8 Å². The second-order valence-electron chi connectivity index (χ2n) is 5.79. The average molecular weight is 325 g/mol. The van der Waals surface area contributed by atoms with Crippen molar-refractivity contribution in [2.75, 3.05) is 26.2 Å². The molecule has 5 nitrogen and oxygen atoms in total. The van der Waals surface area contributed by atoms with Gasteiger partial charge in [0.1, 0.15) is 17.2 Å². The second-order valence-corrected chi connectivity index (χ2v) is 5.79. The van der Waals surface area contributed by atoms with Crippen LogP contribution in [0, 0.1) is 11.6 Å². The van der Waals surface area contributed by atoms with Crippen LogP contribution in [-0.4, -0.2) is 53.8 Å². The maximum Gasteiger partial charge on any atom is 0.259 e. The van der Waals surface area contributed by atoms with Crippen molar-refractivity contribution < 1.29 is 18.4 Å². The fourth-order valence-electron chi connectivity index (χ4n) is 2.53. The molecule has 1 aliphatic heterocycles. The zero-order valence-electron chi connectivity index (χ0n) is 13.1. The Hall–Kier alpha value is -2.02. The Morgan fingerprint density at radius 3 is 2.17 bits per heavy atom. The predicted molar refractivity (Wildman–Crippen MR) is 81.7 cm³/mol. The molecule has 0 aliphatic carbocycles. The number of carbonyl (C=O) groups excluding carboxylic acids is 2. The molecule has 0 bridgehead atoms. The van der Waals surface area contributed by atoms with Crippen LogP contribution < -0.4 is 5.73 Å². The van der Waals surface area contributed by atoms with Gasteiger partial charge in [-0.15, -0.1) is 0 Å². The highest BCUT2D eigenvalue weighted by atomic mass is 19.1. The number of piperazine rings is 1. The lowest BCUT2D eigenvalue weighted by Gasteiger charge is -2.35. The molecule has 7 heteroatoms. The Labute approximate surface area is 134 Å². The van der Waals surface area contributed by atoms with Crippen LogP contribution in [0.15, 0.2) is 18.2 Å². The number of amides is 2. The monoisotopic (exact) mass is 325 g/mol. The van der Waals surface area contributed by atoms with Crippen LogP contribution in [0.25, 0.3) is 0 Å². The van der Waals surface area contributed by atoms with E-state index < -0.39 is 23.1 Å². The number of nitrogens with zero attached hydrogens (tertiary/aromatic N) is 2. The molecule has 2 amide bonds. The molecule has 1 atom stereocenters. The Kier molecular flexibility index (Phi) is 5.65. The normalized spacial score (nSPS) is 16.3. The molecular formula is C16H21F2N3O2. The number of hydrogen-bond donors (Lipinski definition) is 1. The summed E-state index contributed by atoms with van der Waals surface area (Å²) in [5.41, 5.74) is 5.09. The number of benzene rings is 1. The van der Waals surface area contributed by atoms with E-state index in [2.05, 4.69) is 0 Å². The predicted octanol–water partition coefficient (Wildman–Crippen LogP) is 1.38. The molecule has 23 heavy (non-hydrogen) atoms. The highest BCUT2D eigenvalue weighted by molar-refractivity contribution is 5.95. The van der Waals surface area contributed by atoms with Gasteiger partial charge in [-0.2, -0.15) is 0 Å². The van der Waals surface area contributed by atoms with E-state index in [1.807, 2.05) is 6.92 Å². The van der Waals surface area contributed by atoms with Gasteiger partial charge in [-0.05, 0) is 25.5 Å². The van der Waals surface area contributed by atoms with E-state index in [0.717, 1.165) is 12.1 Å². The summed E-state index contributed by atoms with van der Waals surface area (Å²) in [6.07, 6.45) is 0.978. The maximum absolute atomic E-state index is 13.7. The van der Waals surface area contributed by atoms with Gasteiger partial charge in [0.2, 0.25) is 5.91 Å². The topological polar surface area (TPSA) is 66.6 Å². The number of carbonyl (C=O) groups is 2. The minimum Gasteiger partial charge on any atom is -0.339 e. The lowest BCUT2D eigenvalue weighted by molar-refractivity contribution is -0.132. The summed E-state index contributed by atoms with van der Waals surface area (Å²) < 4.78 is 27.3. The number of halogens is 2. The van der Waals surface area contributed by atoms with Crippen molar-refractivity contribution in [1.82, 2.24) is 9.80 Å². The summed E-state index contributed by atoms with van der Waals surface area (Å²) in [7, 11) is 0. The quantitative estimate of drug-likeness (QED) is 0.909. The average Bonchev–Trinajstić information content (AvgIpc) is 2.52. The summed E-state index contributed by atoms with van der Waals surface area (Å²) in [6, 6.07) is 3.30. The Balaban J connectivity index is 1.94. The van der Waals surface area contributed by atoms with E-state index in [-0.39, 0.29) is 25.0 Å². The molecule has 1 fully saturated rings. The molecule has 1 unspecified atom stereocenters. The molecule has 0 spiro atoms. The van der Waals surface area contributed by atoms with Crippen LogP contribution in [0.1, 0.15) is 30.1 Å². The minimum absolute atomic E-state index is 0.00790. The third-order valence-electron chi connectivity index (χ3n) is 3.91. The van der Waals surface area contributed by atoms with Gasteiger partial charge in [0.05, 0.1) is 0 Å². The second kappa shape index (κ2) is 7.50. The fourth-order valence-corrected chi connectivity index (χ4v) is 2.53. The molecule has 126 valence electrons. The fraction of sp³-hybridized carbons (Fsp3) is 0.500. The molecule has 1 aromatic rings. The third kappa shape index (κ3) is 4.25. The number of hydrogen-bond acceptors (Lipinski definition) is 3. The van der Waals surface area contributed by atoms with Crippen molar-refractivity contribution in [3.63, 3.8) is 0 Å². The molecule has 1 aliphatic rings. The minimum atomic E-state index is -0.870. The molecule has 1 aromatic carbocycles. The van der Waals surface area contributed by atoms with E-state index in [1.54, 1.807) is 4.90 Å². The molecule has 0 aromatic heterocycles. The summed E-state index contributed by atoms with van der Waals surface area (Å²) >= 11 is 0. The van der Waals surface area contributed by atoms with E-state index >= 15 is 0 Å². The summed E-state index contributed by atoms with van der Waals surface area (Å²) in [4.78, 5) is 27.3. The van der Waals surface area contributed by atoms with Crippen molar-refractivity contribution >= 4 is 11.8 Å². The van der Waals surface area contributed by atoms with Gasteiger partial charge in [0.15, 0.2) is 0 Å². The lowest BCUT2D eigenvalue weighted by atomic mass is 10.1. The first-order valence-corrected chi connectivity index (χ1v) is 7.66. The summed E-state index contributed by atoms with van der Waals surface area (Å²) in [6.45, 7) is 3.08. The van der Waals surface area contributed by atoms with E-state index in [1.165, 1.54) is 11.0 Å². The highest BCUT2D eigenvalue weighted by Crippen LogP contribution is 2.16. The van der Waals surface area contributed by atoms with Crippen molar-refractivity contribution in [1.29, 1.82) is 0 Å². The number of rotatable bonds is 4. The maximum atomic E-state index is 13.7. The Morgan fingerprint density at radius 2 is 1.65 bits per heavy atom. The van der Waals surface area contributed by atoms with Gasteiger partial charge in [0, 0.05) is 38.6 Å². The summed E-state index contributed by atoms with van der Waals surface area (Å²) in [5, 5.41) is 0. The highest BCUT2D eigenvalue weighted by Gasteiger charge is 2.27. The molecule has 2 N–H and O–H groups in total. The first-order valence-electron chi connectivity index (χ1n) is 7.66. The van der Waals surface area contributed by atoms with Gasteiger partial charge in [-0.25, -0.2) is 8.78 Å². The number of nitrogens with two attached hydrogens (primary N) is 1. The zero-order valence-corrected chi connectivity index (χ0v) is 13.1. The molecule has 1 heterocycles. The van der Waals surface area contributed by atoms with Crippen LogP contribution in [0.5, 0.6) is 0 Å². The smallest absolute Gasteiger partial charge is 0.259 e. The van der Waals surface area contributed by atoms with Crippen molar-refractivity contribution in [2.24, 2.45) is 5.73 Å². The first kappa shape index (κ1) is 17.3. The summed E-state index contributed by atoms with van der Waals surface area (Å²) in [5.74, 6) is -2.43. The Bertz CT molecular complexity index is 564. The first-order chi connectivity index (χ1) is 10.9. The van der Waals surface area contributed by atoms with Crippen LogP contribution in [0.2, 0.25) is 0 Å². The lowest BCUT2D eigenvalue weighted by Crippen LogP contribution is -2.51. The van der Waals surface area contributed by atoms with E-state index in [0.29, 0.717) is 25.9 Å². The van der Waals surface area contributed by atoms with Crippen LogP contribution in [0.4, 0.5) is 8.78 Å². The molecule has 0 saturated carbocycles. The SMILES string of the molecule is CC(N)CCC(=O)N1CCN(C(=O)c2c(F)cccc2F)CC1. The zero-order chi connectivity index (χ0) is 17.0. The van der Waals surface area contributed by atoms with Gasteiger partial charge in [0.25, 0.3) is 5.91 Å². The molecule has 0 radical (unpaired) electrons. The third-order valence-corrected chi connectivity index (χ3v) is 3.91. The van der Waals surface area contributed by atoms with E-state index in [4.69, 9.17) is 5.73 Å². The largest absolute Gasteiger partial charge is 0.339 e. The van der Waals surface area contributed by atoms with Crippen molar-refractivity contribution in [3.05, 3.63) is 35.4 Å². The van der Waals surface area contributed by atoms with Gasteiger partial charge in [-0.3, -0.25) is 9.59 Å². The van der Waals surface area contributed by atoms with Gasteiger partial charge < -0.3 is 15.5 Å².